The number of esters is 1. The van der Waals surface area contributed by atoms with Crippen molar-refractivity contribution in [2.45, 2.75) is 26.9 Å². The summed E-state index contributed by atoms with van der Waals surface area (Å²) in [7, 11) is 0. The van der Waals surface area contributed by atoms with Crippen LogP contribution in [0.4, 0.5) is 10.5 Å². The normalized spacial score (nSPS) is 11.1. The van der Waals surface area contributed by atoms with Gasteiger partial charge in [-0.25, -0.2) is 9.59 Å². The molecular formula is C15H19N3O5. The number of carbonyl (C=O) groups excluding carboxylic acids is 4. The Balaban J connectivity index is 2.66. The van der Waals surface area contributed by atoms with Crippen molar-refractivity contribution < 1.29 is 23.9 Å². The Labute approximate surface area is 133 Å². The second kappa shape index (κ2) is 8.52. The fourth-order valence-corrected chi connectivity index (χ4v) is 1.63. The van der Waals surface area contributed by atoms with Gasteiger partial charge in [-0.05, 0) is 32.0 Å². The van der Waals surface area contributed by atoms with E-state index in [4.69, 9.17) is 4.74 Å². The smallest absolute Gasteiger partial charge is 0.338 e. The SMILES string of the molecule is CCNC(=O)NC(=O)[C@@H](C)OC(=O)c1cccc(NC(C)=O)c1. The van der Waals surface area contributed by atoms with Crippen LogP contribution in [0.5, 0.6) is 0 Å². The molecule has 4 amide bonds. The quantitative estimate of drug-likeness (QED) is 0.701. The second-order valence-electron chi connectivity index (χ2n) is 4.66. The van der Waals surface area contributed by atoms with E-state index in [1.165, 1.54) is 26.0 Å². The summed E-state index contributed by atoms with van der Waals surface area (Å²) in [6, 6.07) is 5.44. The standard InChI is InChI=1S/C15H19N3O5/c1-4-16-15(22)18-13(20)9(2)23-14(21)11-6-5-7-12(8-11)17-10(3)19/h5-9H,4H2,1-3H3,(H,17,19)(H2,16,18,20,22)/t9-/m1/s1. The predicted molar refractivity (Wildman–Crippen MR) is 82.8 cm³/mol. The van der Waals surface area contributed by atoms with Gasteiger partial charge in [-0.2, -0.15) is 0 Å². The minimum Gasteiger partial charge on any atom is -0.449 e. The molecule has 3 N–H and O–H groups in total. The number of urea groups is 1. The van der Waals surface area contributed by atoms with Crippen molar-refractivity contribution >= 4 is 29.5 Å². The summed E-state index contributed by atoms with van der Waals surface area (Å²) >= 11 is 0. The molecule has 124 valence electrons. The molecule has 0 bridgehead atoms. The van der Waals surface area contributed by atoms with Gasteiger partial charge < -0.3 is 15.4 Å². The maximum Gasteiger partial charge on any atom is 0.338 e. The van der Waals surface area contributed by atoms with Gasteiger partial charge in [-0.15, -0.1) is 0 Å². The van der Waals surface area contributed by atoms with Crippen molar-refractivity contribution in [3.05, 3.63) is 29.8 Å². The number of amides is 4. The van der Waals surface area contributed by atoms with Crippen LogP contribution in [0.3, 0.4) is 0 Å². The third-order valence-corrected chi connectivity index (χ3v) is 2.65. The molecule has 0 saturated carbocycles. The first kappa shape index (κ1) is 18.1. The number of nitrogens with one attached hydrogen (secondary N) is 3. The maximum absolute atomic E-state index is 12.0. The summed E-state index contributed by atoms with van der Waals surface area (Å²) in [5.41, 5.74) is 0.611. The van der Waals surface area contributed by atoms with Crippen LogP contribution in [0.2, 0.25) is 0 Å². The van der Waals surface area contributed by atoms with Crippen molar-refractivity contribution in [2.75, 3.05) is 11.9 Å². The zero-order chi connectivity index (χ0) is 17.4. The highest BCUT2D eigenvalue weighted by Crippen LogP contribution is 2.12. The molecule has 0 saturated heterocycles. The van der Waals surface area contributed by atoms with Gasteiger partial charge in [0, 0.05) is 19.2 Å². The Morgan fingerprint density at radius 3 is 2.52 bits per heavy atom. The molecule has 0 aliphatic carbocycles. The van der Waals surface area contributed by atoms with E-state index in [0.717, 1.165) is 0 Å². The van der Waals surface area contributed by atoms with Crippen molar-refractivity contribution in [2.24, 2.45) is 0 Å². The molecule has 0 unspecified atom stereocenters. The van der Waals surface area contributed by atoms with Gasteiger partial charge in [-0.3, -0.25) is 14.9 Å². The molecule has 0 spiro atoms. The van der Waals surface area contributed by atoms with Gasteiger partial charge in [0.25, 0.3) is 5.91 Å². The first-order chi connectivity index (χ1) is 10.8. The second-order valence-corrected chi connectivity index (χ2v) is 4.66. The molecule has 1 aromatic carbocycles. The molecule has 0 aromatic heterocycles. The van der Waals surface area contributed by atoms with E-state index in [2.05, 4.69) is 16.0 Å². The number of hydrogen-bond acceptors (Lipinski definition) is 5. The van der Waals surface area contributed by atoms with Crippen LogP contribution in [0.1, 0.15) is 31.1 Å². The topological polar surface area (TPSA) is 114 Å². The van der Waals surface area contributed by atoms with E-state index in [0.29, 0.717) is 12.2 Å². The van der Waals surface area contributed by atoms with Gasteiger partial charge >= 0.3 is 12.0 Å². The number of rotatable bonds is 5. The predicted octanol–water partition coefficient (Wildman–Crippen LogP) is 1.04. The van der Waals surface area contributed by atoms with Crippen LogP contribution in [0, 0.1) is 0 Å². The van der Waals surface area contributed by atoms with Crippen LogP contribution in [-0.4, -0.2) is 36.5 Å². The van der Waals surface area contributed by atoms with Gasteiger partial charge in [0.05, 0.1) is 5.56 Å². The van der Waals surface area contributed by atoms with Crippen LogP contribution in [-0.2, 0) is 14.3 Å². The fraction of sp³-hybridized carbons (Fsp3) is 0.333. The van der Waals surface area contributed by atoms with Crippen molar-refractivity contribution in [1.29, 1.82) is 0 Å². The number of imide groups is 1. The van der Waals surface area contributed by atoms with Gasteiger partial charge in [0.2, 0.25) is 5.91 Å². The van der Waals surface area contributed by atoms with Gasteiger partial charge in [-0.1, -0.05) is 6.07 Å². The summed E-state index contributed by atoms with van der Waals surface area (Å²) in [6.45, 7) is 4.77. The van der Waals surface area contributed by atoms with E-state index < -0.39 is 24.0 Å². The lowest BCUT2D eigenvalue weighted by Crippen LogP contribution is -2.44. The Bertz CT molecular complexity index is 615. The highest BCUT2D eigenvalue weighted by atomic mass is 16.5. The molecule has 8 heteroatoms. The molecule has 0 aliphatic rings. The third-order valence-electron chi connectivity index (χ3n) is 2.65. The van der Waals surface area contributed by atoms with Crippen LogP contribution < -0.4 is 16.0 Å². The van der Waals surface area contributed by atoms with Crippen LogP contribution in [0.25, 0.3) is 0 Å². The van der Waals surface area contributed by atoms with E-state index in [-0.39, 0.29) is 11.5 Å². The lowest BCUT2D eigenvalue weighted by molar-refractivity contribution is -0.127. The molecular weight excluding hydrogens is 302 g/mol. The van der Waals surface area contributed by atoms with Crippen molar-refractivity contribution in [3.63, 3.8) is 0 Å². The number of carbonyl (C=O) groups is 4. The zero-order valence-electron chi connectivity index (χ0n) is 13.1. The summed E-state index contributed by atoms with van der Waals surface area (Å²) in [6.07, 6.45) is -1.14. The minimum atomic E-state index is -1.14. The summed E-state index contributed by atoms with van der Waals surface area (Å²) in [5.74, 6) is -1.75. The monoisotopic (exact) mass is 321 g/mol. The van der Waals surface area contributed by atoms with Crippen molar-refractivity contribution in [1.82, 2.24) is 10.6 Å². The molecule has 1 aromatic rings. The molecule has 8 nitrogen and oxygen atoms in total. The largest absolute Gasteiger partial charge is 0.449 e. The first-order valence-corrected chi connectivity index (χ1v) is 7.00. The number of hydrogen-bond donors (Lipinski definition) is 3. The molecule has 0 heterocycles. The van der Waals surface area contributed by atoms with Gasteiger partial charge in [0.15, 0.2) is 6.10 Å². The Kier molecular flexibility index (Phi) is 6.72. The molecule has 1 rings (SSSR count). The van der Waals surface area contributed by atoms with Crippen LogP contribution in [0.15, 0.2) is 24.3 Å². The maximum atomic E-state index is 12.0. The average Bonchev–Trinajstić information content (AvgIpc) is 2.46. The summed E-state index contributed by atoms with van der Waals surface area (Å²) in [5, 5.41) is 6.98. The number of benzene rings is 1. The summed E-state index contributed by atoms with van der Waals surface area (Å²) < 4.78 is 4.99. The highest BCUT2D eigenvalue weighted by molar-refractivity contribution is 5.99. The highest BCUT2D eigenvalue weighted by Gasteiger charge is 2.20. The molecule has 1 atom stereocenters. The molecule has 0 radical (unpaired) electrons. The average molecular weight is 321 g/mol. The molecule has 23 heavy (non-hydrogen) atoms. The van der Waals surface area contributed by atoms with E-state index in [1.807, 2.05) is 0 Å². The van der Waals surface area contributed by atoms with E-state index >= 15 is 0 Å². The third kappa shape index (κ3) is 6.16. The zero-order valence-corrected chi connectivity index (χ0v) is 13.1. The Morgan fingerprint density at radius 2 is 1.91 bits per heavy atom. The van der Waals surface area contributed by atoms with E-state index in [1.54, 1.807) is 19.1 Å². The minimum absolute atomic E-state index is 0.175. The fourth-order valence-electron chi connectivity index (χ4n) is 1.63. The number of ether oxygens (including phenoxy) is 1. The van der Waals surface area contributed by atoms with Crippen LogP contribution >= 0.6 is 0 Å². The van der Waals surface area contributed by atoms with Crippen molar-refractivity contribution in [3.8, 4) is 0 Å². The Hall–Kier alpha value is -2.90. The summed E-state index contributed by atoms with van der Waals surface area (Å²) in [4.78, 5) is 45.9. The molecule has 0 fully saturated rings. The Morgan fingerprint density at radius 1 is 1.22 bits per heavy atom. The number of anilines is 1. The first-order valence-electron chi connectivity index (χ1n) is 7.00. The van der Waals surface area contributed by atoms with E-state index in [9.17, 15) is 19.2 Å². The lowest BCUT2D eigenvalue weighted by Gasteiger charge is -2.13. The molecule has 0 aliphatic heterocycles. The van der Waals surface area contributed by atoms with Gasteiger partial charge in [0.1, 0.15) is 0 Å². The lowest BCUT2D eigenvalue weighted by atomic mass is 10.2.